The lowest BCUT2D eigenvalue weighted by molar-refractivity contribution is 0.0980. The first-order valence-electron chi connectivity index (χ1n) is 27.3. The predicted octanol–water partition coefficient (Wildman–Crippen LogP) is 9.71. The van der Waals surface area contributed by atoms with Crippen molar-refractivity contribution in [1.29, 1.82) is 0 Å². The van der Waals surface area contributed by atoms with Gasteiger partial charge in [-0.15, -0.1) is 0 Å². The highest BCUT2D eigenvalue weighted by molar-refractivity contribution is 5.97. The molecule has 18 heteroatoms. The first-order chi connectivity index (χ1) is 37.5. The van der Waals surface area contributed by atoms with Crippen LogP contribution in [0.5, 0.6) is 0 Å². The molecule has 3 fully saturated rings. The van der Waals surface area contributed by atoms with Gasteiger partial charge in [-0.2, -0.15) is 15.0 Å². The van der Waals surface area contributed by atoms with Crippen LogP contribution in [0.3, 0.4) is 0 Å². The van der Waals surface area contributed by atoms with Gasteiger partial charge < -0.3 is 46.1 Å². The monoisotopic (exact) mass is 1060 g/mol. The summed E-state index contributed by atoms with van der Waals surface area (Å²) in [5.41, 5.74) is 29.1. The Morgan fingerprint density at radius 3 is 0.949 bits per heavy atom. The lowest BCUT2D eigenvalue weighted by Crippen LogP contribution is -2.32. The van der Waals surface area contributed by atoms with Crippen molar-refractivity contribution in [3.8, 4) is 0 Å². The lowest BCUT2D eigenvalue weighted by atomic mass is 9.95. The van der Waals surface area contributed by atoms with Crippen LogP contribution in [-0.2, 0) is 14.2 Å². The van der Waals surface area contributed by atoms with Crippen molar-refractivity contribution in [3.63, 3.8) is 0 Å². The largest absolute Gasteiger partial charge is 0.379 e. The molecule has 9 rings (SSSR count). The molecule has 3 aromatic carbocycles. The molecule has 0 saturated carbocycles. The summed E-state index contributed by atoms with van der Waals surface area (Å²) in [6, 6.07) is 23.6. The van der Waals surface area contributed by atoms with E-state index >= 15 is 0 Å². The Labute approximate surface area is 459 Å². The highest BCUT2D eigenvalue weighted by Crippen LogP contribution is 2.35. The van der Waals surface area contributed by atoms with Crippen molar-refractivity contribution in [2.75, 3.05) is 91.2 Å². The summed E-state index contributed by atoms with van der Waals surface area (Å²) in [7, 11) is 0. The van der Waals surface area contributed by atoms with Crippen LogP contribution in [0.15, 0.2) is 72.8 Å². The third-order valence-electron chi connectivity index (χ3n) is 14.3. The Kier molecular flexibility index (Phi) is 20.4. The summed E-state index contributed by atoms with van der Waals surface area (Å²) >= 11 is 0. The first-order valence-corrected chi connectivity index (χ1v) is 27.3. The number of nitrogens with two attached hydrogens (primary N) is 3. The number of aryl methyl sites for hydroxylation is 6. The minimum absolute atomic E-state index is 0.0178. The second-order valence-electron chi connectivity index (χ2n) is 20.1. The Bertz CT molecular complexity index is 2680. The molecule has 6 aromatic rings. The number of anilines is 6. The molecule has 3 atom stereocenters. The first kappa shape index (κ1) is 58.3. The minimum atomic E-state index is -0.0178. The molecular formula is C60H78N12O6. The number of ether oxygens (including phenoxy) is 3. The van der Waals surface area contributed by atoms with E-state index in [0.29, 0.717) is 58.9 Å². The van der Waals surface area contributed by atoms with Crippen LogP contribution in [0.4, 0.5) is 35.3 Å². The van der Waals surface area contributed by atoms with Gasteiger partial charge in [0.15, 0.2) is 17.3 Å². The second kappa shape index (κ2) is 27.3. The number of carbonyl (C=O) groups excluding carboxylic acids is 3. The Balaban J connectivity index is 0.000000170. The fourth-order valence-corrected chi connectivity index (χ4v) is 10.2. The molecule has 0 spiro atoms. The fourth-order valence-electron chi connectivity index (χ4n) is 10.2. The Morgan fingerprint density at radius 2 is 0.705 bits per heavy atom. The smallest absolute Gasteiger partial charge is 0.222 e. The minimum Gasteiger partial charge on any atom is -0.379 e. The van der Waals surface area contributed by atoms with Crippen LogP contribution in [0.2, 0.25) is 0 Å². The molecule has 0 aliphatic carbocycles. The van der Waals surface area contributed by atoms with Gasteiger partial charge in [0.05, 0.1) is 37.9 Å². The number of nitrogens with zero attached hydrogens (tertiary/aromatic N) is 9. The molecule has 6 heterocycles. The number of Topliss-reactive ketones (excluding diaryl/α,β-unsaturated/α-hetero) is 3. The SMILES string of the molecule is CCC(=O)c1ccc(C)c(C2COCCCN2c2cc(C)nc(N)n2)c1.CCC(=O)c1ccc(C)c([C@@H]2COCCCN2c2cc(C)nc(N)n2)c1.CCC(=O)c1ccc(C)c([C@H]2COCCCN2c2cc(C)nc(N)n2)c1. The van der Waals surface area contributed by atoms with E-state index in [2.05, 4.69) is 65.4 Å². The normalized spacial score (nSPS) is 17.8. The number of ketones is 3. The number of hydrogen-bond donors (Lipinski definition) is 3. The van der Waals surface area contributed by atoms with E-state index in [1.165, 1.54) is 0 Å². The van der Waals surface area contributed by atoms with Gasteiger partial charge in [0.25, 0.3) is 0 Å². The van der Waals surface area contributed by atoms with E-state index < -0.39 is 0 Å². The zero-order valence-electron chi connectivity index (χ0n) is 47.0. The molecule has 3 saturated heterocycles. The van der Waals surface area contributed by atoms with Gasteiger partial charge in [-0.3, -0.25) is 14.4 Å². The average Bonchev–Trinajstić information content (AvgIpc) is 3.94. The van der Waals surface area contributed by atoms with Gasteiger partial charge in [0.1, 0.15) is 17.5 Å². The number of hydrogen-bond acceptors (Lipinski definition) is 18. The van der Waals surface area contributed by atoms with Crippen molar-refractivity contribution in [3.05, 3.63) is 140 Å². The molecule has 414 valence electrons. The number of nitrogen functional groups attached to an aromatic ring is 3. The van der Waals surface area contributed by atoms with Gasteiger partial charge in [-0.05, 0) is 112 Å². The van der Waals surface area contributed by atoms with E-state index in [9.17, 15) is 14.4 Å². The zero-order valence-corrected chi connectivity index (χ0v) is 47.0. The summed E-state index contributed by atoms with van der Waals surface area (Å²) in [5, 5.41) is 0. The van der Waals surface area contributed by atoms with Crippen molar-refractivity contribution in [1.82, 2.24) is 29.9 Å². The van der Waals surface area contributed by atoms with Gasteiger partial charge in [0, 0.05) is 111 Å². The molecule has 6 N–H and O–H groups in total. The third kappa shape index (κ3) is 14.8. The van der Waals surface area contributed by atoms with Crippen LogP contribution in [0, 0.1) is 41.5 Å². The quantitative estimate of drug-likeness (QED) is 0.0965. The van der Waals surface area contributed by atoms with Crippen molar-refractivity contribution in [2.45, 2.75) is 119 Å². The summed E-state index contributed by atoms with van der Waals surface area (Å²) in [6.07, 6.45) is 4.21. The lowest BCUT2D eigenvalue weighted by Gasteiger charge is -2.32. The molecule has 0 radical (unpaired) electrons. The van der Waals surface area contributed by atoms with Gasteiger partial charge >= 0.3 is 0 Å². The van der Waals surface area contributed by atoms with E-state index in [1.54, 1.807) is 0 Å². The molecule has 3 aliphatic rings. The summed E-state index contributed by atoms with van der Waals surface area (Å²) in [5.74, 6) is 3.67. The Hall–Kier alpha value is -7.41. The average molecular weight is 1060 g/mol. The molecule has 3 aliphatic heterocycles. The fraction of sp³-hybridized carbons (Fsp3) is 0.450. The number of carbonyl (C=O) groups is 3. The summed E-state index contributed by atoms with van der Waals surface area (Å²) in [6.45, 7) is 23.8. The van der Waals surface area contributed by atoms with Gasteiger partial charge in [-0.1, -0.05) is 57.2 Å². The standard InChI is InChI=1S/3C20H26N4O2/c3*1-4-18(25)15-7-6-13(2)16(11-15)17-12-26-9-5-8-24(17)19-10-14(3)22-20(21)23-19/h3*6-7,10-11,17H,4-5,8-9,12H2,1-3H3,(H2,21,22,23)/t2*17-;/m10./s1. The number of rotatable bonds is 12. The third-order valence-corrected chi connectivity index (χ3v) is 14.3. The molecule has 78 heavy (non-hydrogen) atoms. The van der Waals surface area contributed by atoms with Crippen LogP contribution in [0.25, 0.3) is 0 Å². The van der Waals surface area contributed by atoms with Crippen LogP contribution >= 0.6 is 0 Å². The highest BCUT2D eigenvalue weighted by Gasteiger charge is 2.30. The maximum atomic E-state index is 12.2. The summed E-state index contributed by atoms with van der Waals surface area (Å²) < 4.78 is 17.6. The van der Waals surface area contributed by atoms with Crippen LogP contribution < -0.4 is 31.9 Å². The summed E-state index contributed by atoms with van der Waals surface area (Å²) in [4.78, 5) is 69.1. The molecular weight excluding hydrogens is 985 g/mol. The predicted molar refractivity (Wildman–Crippen MR) is 308 cm³/mol. The van der Waals surface area contributed by atoms with E-state index in [4.69, 9.17) is 31.4 Å². The van der Waals surface area contributed by atoms with Crippen LogP contribution in [-0.4, -0.2) is 107 Å². The maximum absolute atomic E-state index is 12.2. The van der Waals surface area contributed by atoms with E-state index in [-0.39, 0.29) is 53.3 Å². The van der Waals surface area contributed by atoms with Crippen molar-refractivity contribution >= 4 is 52.6 Å². The Morgan fingerprint density at radius 1 is 0.436 bits per heavy atom. The van der Waals surface area contributed by atoms with Crippen molar-refractivity contribution in [2.24, 2.45) is 0 Å². The second-order valence-corrected chi connectivity index (χ2v) is 20.1. The molecule has 3 aromatic heterocycles. The van der Waals surface area contributed by atoms with Gasteiger partial charge in [0.2, 0.25) is 17.8 Å². The topological polar surface area (TPSA) is 244 Å². The molecule has 0 bridgehead atoms. The molecule has 18 nitrogen and oxygen atoms in total. The molecule has 1 unspecified atom stereocenters. The number of aromatic nitrogens is 6. The maximum Gasteiger partial charge on any atom is 0.222 e. The van der Waals surface area contributed by atoms with Crippen LogP contribution in [0.1, 0.15) is 159 Å². The highest BCUT2D eigenvalue weighted by atomic mass is 16.5. The number of benzene rings is 3. The van der Waals surface area contributed by atoms with E-state index in [1.807, 2.05) is 114 Å². The zero-order chi connectivity index (χ0) is 56.0. The molecule has 0 amide bonds. The van der Waals surface area contributed by atoms with Crippen molar-refractivity contribution < 1.29 is 28.6 Å². The van der Waals surface area contributed by atoms with E-state index in [0.717, 1.165) is 124 Å². The van der Waals surface area contributed by atoms with Gasteiger partial charge in [-0.25, -0.2) is 15.0 Å².